The maximum atomic E-state index is 10.8. The first-order valence-electron chi connectivity index (χ1n) is 6.43. The summed E-state index contributed by atoms with van der Waals surface area (Å²) in [5.74, 6) is -0.795. The Labute approximate surface area is 103 Å². The van der Waals surface area contributed by atoms with Crippen LogP contribution in [0.25, 0.3) is 0 Å². The first kappa shape index (κ1) is 14.2. The van der Waals surface area contributed by atoms with E-state index in [2.05, 4.69) is 4.90 Å². The molecule has 0 aromatic rings. The third-order valence-electron chi connectivity index (χ3n) is 3.19. The van der Waals surface area contributed by atoms with Crippen molar-refractivity contribution < 1.29 is 14.6 Å². The van der Waals surface area contributed by atoms with Gasteiger partial charge in [0.1, 0.15) is 0 Å². The summed E-state index contributed by atoms with van der Waals surface area (Å²) in [6.45, 7) is 7.42. The van der Waals surface area contributed by atoms with Gasteiger partial charge in [-0.05, 0) is 26.2 Å². The van der Waals surface area contributed by atoms with Gasteiger partial charge in [-0.15, -0.1) is 0 Å². The molecule has 0 amide bonds. The number of carboxylic acids is 1. The number of aliphatic carboxylic acids is 1. The van der Waals surface area contributed by atoms with Crippen molar-refractivity contribution in [1.82, 2.24) is 4.90 Å². The number of hydrogen-bond acceptors (Lipinski definition) is 3. The lowest BCUT2D eigenvalue weighted by Gasteiger charge is -2.30. The number of hydrogen-bond donors (Lipinski definition) is 1. The molecule has 0 atom stereocenters. The zero-order valence-corrected chi connectivity index (χ0v) is 10.8. The van der Waals surface area contributed by atoms with Crippen LogP contribution >= 0.6 is 0 Å². The van der Waals surface area contributed by atoms with Crippen LogP contribution < -0.4 is 0 Å². The van der Waals surface area contributed by atoms with Crippen LogP contribution in [0.4, 0.5) is 0 Å². The van der Waals surface area contributed by atoms with Gasteiger partial charge in [0.15, 0.2) is 0 Å². The first-order chi connectivity index (χ1) is 8.17. The topological polar surface area (TPSA) is 49.8 Å². The Kier molecular flexibility index (Phi) is 6.22. The number of nitrogens with zero attached hydrogens (tertiary/aromatic N) is 1. The normalized spacial score (nSPS) is 19.5. The molecule has 1 rings (SSSR count). The maximum Gasteiger partial charge on any atom is 0.331 e. The minimum Gasteiger partial charge on any atom is -0.478 e. The van der Waals surface area contributed by atoms with E-state index in [1.54, 1.807) is 0 Å². The molecule has 1 heterocycles. The predicted octanol–water partition coefficient (Wildman–Crippen LogP) is 1.91. The van der Waals surface area contributed by atoms with E-state index in [0.717, 1.165) is 39.1 Å². The Morgan fingerprint density at radius 2 is 2.06 bits per heavy atom. The van der Waals surface area contributed by atoms with Gasteiger partial charge in [-0.1, -0.05) is 13.0 Å². The van der Waals surface area contributed by atoms with E-state index in [1.165, 1.54) is 0 Å². The summed E-state index contributed by atoms with van der Waals surface area (Å²) in [4.78, 5) is 13.1. The zero-order valence-electron chi connectivity index (χ0n) is 10.8. The van der Waals surface area contributed by atoms with Crippen LogP contribution in [-0.2, 0) is 9.53 Å². The van der Waals surface area contributed by atoms with Crippen molar-refractivity contribution in [1.29, 1.82) is 0 Å². The van der Waals surface area contributed by atoms with Gasteiger partial charge >= 0.3 is 5.97 Å². The van der Waals surface area contributed by atoms with Crippen molar-refractivity contribution in [3.05, 3.63) is 11.6 Å². The molecule has 0 aliphatic carbocycles. The molecule has 1 fully saturated rings. The van der Waals surface area contributed by atoms with E-state index in [4.69, 9.17) is 9.84 Å². The number of rotatable bonds is 6. The first-order valence-corrected chi connectivity index (χ1v) is 6.43. The monoisotopic (exact) mass is 241 g/mol. The molecule has 1 saturated heterocycles. The quantitative estimate of drug-likeness (QED) is 0.722. The second-order valence-corrected chi connectivity index (χ2v) is 4.34. The standard InChI is InChI=1S/C13H23NO3/c1-3-11(13(15)16)5-8-14-9-6-12(7-10-14)17-4-2/h5,12H,3-4,6-10H2,1-2H3,(H,15,16). The Morgan fingerprint density at radius 3 is 2.53 bits per heavy atom. The maximum absolute atomic E-state index is 10.8. The van der Waals surface area contributed by atoms with Crippen molar-refractivity contribution in [2.45, 2.75) is 39.2 Å². The van der Waals surface area contributed by atoms with Gasteiger partial charge < -0.3 is 9.84 Å². The largest absolute Gasteiger partial charge is 0.478 e. The second-order valence-electron chi connectivity index (χ2n) is 4.34. The molecule has 0 unspecified atom stereocenters. The molecule has 0 radical (unpaired) electrons. The zero-order chi connectivity index (χ0) is 12.7. The lowest BCUT2D eigenvalue weighted by Crippen LogP contribution is -2.37. The molecular weight excluding hydrogens is 218 g/mol. The molecule has 0 aromatic carbocycles. The van der Waals surface area contributed by atoms with Crippen molar-refractivity contribution in [2.24, 2.45) is 0 Å². The van der Waals surface area contributed by atoms with Crippen molar-refractivity contribution in [2.75, 3.05) is 26.2 Å². The highest BCUT2D eigenvalue weighted by molar-refractivity contribution is 5.86. The van der Waals surface area contributed by atoms with E-state index in [9.17, 15) is 4.79 Å². The highest BCUT2D eigenvalue weighted by atomic mass is 16.5. The summed E-state index contributed by atoms with van der Waals surface area (Å²) in [6, 6.07) is 0. The van der Waals surface area contributed by atoms with E-state index >= 15 is 0 Å². The molecule has 4 nitrogen and oxygen atoms in total. The predicted molar refractivity (Wildman–Crippen MR) is 67.1 cm³/mol. The minimum absolute atomic E-state index is 0.394. The van der Waals surface area contributed by atoms with Gasteiger partial charge in [-0.2, -0.15) is 0 Å². The van der Waals surface area contributed by atoms with Gasteiger partial charge in [0.2, 0.25) is 0 Å². The third-order valence-corrected chi connectivity index (χ3v) is 3.19. The molecule has 0 saturated carbocycles. The van der Waals surface area contributed by atoms with Crippen molar-refractivity contribution in [3.8, 4) is 0 Å². The molecule has 98 valence electrons. The summed E-state index contributed by atoms with van der Waals surface area (Å²) in [5.41, 5.74) is 0.511. The van der Waals surface area contributed by atoms with E-state index in [-0.39, 0.29) is 0 Å². The van der Waals surface area contributed by atoms with Gasteiger partial charge in [0, 0.05) is 31.8 Å². The number of likely N-dealkylation sites (tertiary alicyclic amines) is 1. The summed E-state index contributed by atoms with van der Waals surface area (Å²) in [7, 11) is 0. The van der Waals surface area contributed by atoms with E-state index in [0.29, 0.717) is 18.1 Å². The van der Waals surface area contributed by atoms with Crippen LogP contribution in [0.15, 0.2) is 11.6 Å². The van der Waals surface area contributed by atoms with E-state index in [1.807, 2.05) is 19.9 Å². The van der Waals surface area contributed by atoms with Crippen LogP contribution in [0.5, 0.6) is 0 Å². The van der Waals surface area contributed by atoms with Crippen LogP contribution in [-0.4, -0.2) is 48.3 Å². The Bertz CT molecular complexity index is 268. The van der Waals surface area contributed by atoms with Gasteiger partial charge in [0.25, 0.3) is 0 Å². The molecule has 0 spiro atoms. The second kappa shape index (κ2) is 7.45. The Hall–Kier alpha value is -0.870. The lowest BCUT2D eigenvalue weighted by atomic mass is 10.1. The third kappa shape index (κ3) is 4.88. The van der Waals surface area contributed by atoms with Crippen LogP contribution in [0.3, 0.4) is 0 Å². The fourth-order valence-corrected chi connectivity index (χ4v) is 2.12. The fourth-order valence-electron chi connectivity index (χ4n) is 2.12. The molecule has 1 aliphatic rings. The molecule has 17 heavy (non-hydrogen) atoms. The smallest absolute Gasteiger partial charge is 0.331 e. The van der Waals surface area contributed by atoms with Gasteiger partial charge in [-0.3, -0.25) is 4.90 Å². The van der Waals surface area contributed by atoms with Crippen molar-refractivity contribution >= 4 is 5.97 Å². The minimum atomic E-state index is -0.795. The average Bonchev–Trinajstić information content (AvgIpc) is 2.32. The molecule has 1 aliphatic heterocycles. The fraction of sp³-hybridized carbons (Fsp3) is 0.769. The Balaban J connectivity index is 2.33. The molecule has 4 heteroatoms. The highest BCUT2D eigenvalue weighted by Gasteiger charge is 2.18. The summed E-state index contributed by atoms with van der Waals surface area (Å²) in [5, 5.41) is 8.91. The van der Waals surface area contributed by atoms with Gasteiger partial charge in [0.05, 0.1) is 6.10 Å². The van der Waals surface area contributed by atoms with Gasteiger partial charge in [-0.25, -0.2) is 4.79 Å². The average molecular weight is 241 g/mol. The highest BCUT2D eigenvalue weighted by Crippen LogP contribution is 2.13. The van der Waals surface area contributed by atoms with Crippen LogP contribution in [0.2, 0.25) is 0 Å². The molecule has 1 N–H and O–H groups in total. The number of carbonyl (C=O) groups is 1. The number of carboxylic acid groups (broad SMARTS) is 1. The summed E-state index contributed by atoms with van der Waals surface area (Å²) in [6.07, 6.45) is 4.92. The Morgan fingerprint density at radius 1 is 1.41 bits per heavy atom. The number of ether oxygens (including phenoxy) is 1. The summed E-state index contributed by atoms with van der Waals surface area (Å²) < 4.78 is 5.58. The SMILES string of the molecule is CCOC1CCN(CC=C(CC)C(=O)O)CC1. The lowest BCUT2D eigenvalue weighted by molar-refractivity contribution is -0.132. The van der Waals surface area contributed by atoms with Crippen LogP contribution in [0, 0.1) is 0 Å². The molecule has 0 aromatic heterocycles. The molecular formula is C13H23NO3. The number of piperidine rings is 1. The van der Waals surface area contributed by atoms with Crippen molar-refractivity contribution in [3.63, 3.8) is 0 Å². The summed E-state index contributed by atoms with van der Waals surface area (Å²) >= 11 is 0. The van der Waals surface area contributed by atoms with E-state index < -0.39 is 5.97 Å². The van der Waals surface area contributed by atoms with Crippen LogP contribution in [0.1, 0.15) is 33.1 Å². The molecule has 0 bridgehead atoms.